The third kappa shape index (κ3) is 3.08. The van der Waals surface area contributed by atoms with E-state index in [9.17, 15) is 0 Å². The third-order valence-corrected chi connectivity index (χ3v) is 2.25. The summed E-state index contributed by atoms with van der Waals surface area (Å²) in [5.41, 5.74) is 5.76. The van der Waals surface area contributed by atoms with Gasteiger partial charge < -0.3 is 15.8 Å². The van der Waals surface area contributed by atoms with Crippen LogP contribution in [0.15, 0.2) is 17.5 Å². The van der Waals surface area contributed by atoms with E-state index in [1.165, 1.54) is 6.20 Å². The van der Waals surface area contributed by atoms with E-state index in [-0.39, 0.29) is 5.84 Å². The predicted molar refractivity (Wildman–Crippen MR) is 62.7 cm³/mol. The highest BCUT2D eigenvalue weighted by atomic mass is 16.4. The van der Waals surface area contributed by atoms with Gasteiger partial charge in [0.05, 0.1) is 12.4 Å². The summed E-state index contributed by atoms with van der Waals surface area (Å²) in [6, 6.07) is 0. The number of amidine groups is 1. The average molecular weight is 223 g/mol. The molecule has 3 N–H and O–H groups in total. The maximum absolute atomic E-state index is 8.47. The van der Waals surface area contributed by atoms with Gasteiger partial charge in [-0.15, -0.1) is 0 Å². The van der Waals surface area contributed by atoms with Gasteiger partial charge in [0.1, 0.15) is 11.5 Å². The van der Waals surface area contributed by atoms with Gasteiger partial charge >= 0.3 is 0 Å². The van der Waals surface area contributed by atoms with Crippen molar-refractivity contribution < 1.29 is 5.21 Å². The molecule has 0 saturated carbocycles. The molecule has 0 aliphatic heterocycles. The van der Waals surface area contributed by atoms with Crippen LogP contribution in [0.2, 0.25) is 0 Å². The average Bonchev–Trinajstić information content (AvgIpc) is 2.35. The van der Waals surface area contributed by atoms with Crippen LogP contribution in [0.1, 0.15) is 25.5 Å². The molecule has 6 nitrogen and oxygen atoms in total. The lowest BCUT2D eigenvalue weighted by Gasteiger charge is -2.16. The standard InChI is InChI=1S/C10H17N5O/c1-3-4-5-15(2)9-7-12-8(6-13-9)10(11)14-16/h6-7,16H,3-5H2,1-2H3,(H2,11,14). The predicted octanol–water partition coefficient (Wildman–Crippen LogP) is 0.807. The van der Waals surface area contributed by atoms with E-state index < -0.39 is 0 Å². The highest BCUT2D eigenvalue weighted by Crippen LogP contribution is 2.07. The summed E-state index contributed by atoms with van der Waals surface area (Å²) in [4.78, 5) is 10.3. The number of oxime groups is 1. The van der Waals surface area contributed by atoms with E-state index in [4.69, 9.17) is 10.9 Å². The molecule has 1 heterocycles. The highest BCUT2D eigenvalue weighted by molar-refractivity contribution is 5.94. The molecule has 1 aromatic rings. The fraction of sp³-hybridized carbons (Fsp3) is 0.500. The van der Waals surface area contributed by atoms with Crippen molar-refractivity contribution in [1.82, 2.24) is 9.97 Å². The Balaban J connectivity index is 2.71. The lowest BCUT2D eigenvalue weighted by Crippen LogP contribution is -2.21. The molecule has 0 amide bonds. The monoisotopic (exact) mass is 223 g/mol. The molecule has 0 atom stereocenters. The first-order valence-electron chi connectivity index (χ1n) is 5.20. The van der Waals surface area contributed by atoms with Crippen molar-refractivity contribution >= 4 is 11.7 Å². The Morgan fingerprint density at radius 2 is 2.25 bits per heavy atom. The lowest BCUT2D eigenvalue weighted by molar-refractivity contribution is 0.318. The van der Waals surface area contributed by atoms with Gasteiger partial charge in [0.15, 0.2) is 5.84 Å². The topological polar surface area (TPSA) is 87.6 Å². The number of nitrogens with two attached hydrogens (primary N) is 1. The first-order chi connectivity index (χ1) is 7.69. The van der Waals surface area contributed by atoms with E-state index >= 15 is 0 Å². The van der Waals surface area contributed by atoms with Gasteiger partial charge in [-0.2, -0.15) is 0 Å². The van der Waals surface area contributed by atoms with Crippen LogP contribution >= 0.6 is 0 Å². The fourth-order valence-electron chi connectivity index (χ4n) is 1.21. The van der Waals surface area contributed by atoms with Crippen LogP contribution in [0.4, 0.5) is 5.82 Å². The SMILES string of the molecule is CCCCN(C)c1cnc(C(N)=NO)cn1. The zero-order valence-electron chi connectivity index (χ0n) is 9.59. The Morgan fingerprint density at radius 1 is 1.50 bits per heavy atom. The summed E-state index contributed by atoms with van der Waals surface area (Å²) in [5, 5.41) is 11.3. The molecule has 0 aliphatic rings. The van der Waals surface area contributed by atoms with Gasteiger partial charge in [-0.3, -0.25) is 0 Å². The van der Waals surface area contributed by atoms with Crippen LogP contribution in [0.3, 0.4) is 0 Å². The van der Waals surface area contributed by atoms with Crippen molar-refractivity contribution in [1.29, 1.82) is 0 Å². The summed E-state index contributed by atoms with van der Waals surface area (Å²) in [7, 11) is 1.96. The number of rotatable bonds is 5. The van der Waals surface area contributed by atoms with E-state index in [0.717, 1.165) is 25.2 Å². The molecule has 0 fully saturated rings. The molecule has 1 aromatic heterocycles. The molecule has 0 unspecified atom stereocenters. The summed E-state index contributed by atoms with van der Waals surface area (Å²) in [6.45, 7) is 3.08. The van der Waals surface area contributed by atoms with Crippen molar-refractivity contribution in [2.45, 2.75) is 19.8 Å². The first kappa shape index (κ1) is 12.2. The van der Waals surface area contributed by atoms with Crippen molar-refractivity contribution in [2.24, 2.45) is 10.9 Å². The summed E-state index contributed by atoms with van der Waals surface area (Å²) < 4.78 is 0. The van der Waals surface area contributed by atoms with E-state index in [1.807, 2.05) is 11.9 Å². The molecule has 16 heavy (non-hydrogen) atoms. The van der Waals surface area contributed by atoms with Crippen LogP contribution in [0.5, 0.6) is 0 Å². The largest absolute Gasteiger partial charge is 0.409 e. The normalized spacial score (nSPS) is 11.5. The molecule has 1 rings (SSSR count). The fourth-order valence-corrected chi connectivity index (χ4v) is 1.21. The van der Waals surface area contributed by atoms with Gasteiger partial charge in [-0.05, 0) is 6.42 Å². The first-order valence-corrected chi connectivity index (χ1v) is 5.20. The Labute approximate surface area is 94.8 Å². The number of hydrogen-bond donors (Lipinski definition) is 2. The zero-order valence-corrected chi connectivity index (χ0v) is 9.59. The van der Waals surface area contributed by atoms with Crippen molar-refractivity contribution in [2.75, 3.05) is 18.5 Å². The van der Waals surface area contributed by atoms with Crippen molar-refractivity contribution in [3.63, 3.8) is 0 Å². The van der Waals surface area contributed by atoms with E-state index in [1.54, 1.807) is 6.20 Å². The van der Waals surface area contributed by atoms with Crippen molar-refractivity contribution in [3.05, 3.63) is 18.1 Å². The minimum Gasteiger partial charge on any atom is -0.409 e. The molecule has 0 spiro atoms. The second kappa shape index (κ2) is 5.89. The molecule has 0 bridgehead atoms. The summed E-state index contributed by atoms with van der Waals surface area (Å²) in [5.74, 6) is 0.748. The Morgan fingerprint density at radius 3 is 2.75 bits per heavy atom. The van der Waals surface area contributed by atoms with Crippen LogP contribution < -0.4 is 10.6 Å². The van der Waals surface area contributed by atoms with Gasteiger partial charge in [-0.25, -0.2) is 9.97 Å². The molecule has 88 valence electrons. The van der Waals surface area contributed by atoms with E-state index in [2.05, 4.69) is 22.0 Å². The highest BCUT2D eigenvalue weighted by Gasteiger charge is 2.05. The number of aromatic nitrogens is 2. The number of nitrogens with zero attached hydrogens (tertiary/aromatic N) is 4. The molecule has 0 radical (unpaired) electrons. The van der Waals surface area contributed by atoms with Crippen LogP contribution in [0.25, 0.3) is 0 Å². The number of anilines is 1. The maximum atomic E-state index is 8.47. The quantitative estimate of drug-likeness (QED) is 0.334. The van der Waals surface area contributed by atoms with Crippen LogP contribution in [-0.2, 0) is 0 Å². The maximum Gasteiger partial charge on any atom is 0.190 e. The molecule has 0 aliphatic carbocycles. The molecular weight excluding hydrogens is 206 g/mol. The van der Waals surface area contributed by atoms with Crippen LogP contribution in [-0.4, -0.2) is 34.6 Å². The summed E-state index contributed by atoms with van der Waals surface area (Å²) >= 11 is 0. The zero-order chi connectivity index (χ0) is 12.0. The number of hydrogen-bond acceptors (Lipinski definition) is 5. The smallest absolute Gasteiger partial charge is 0.190 e. The Kier molecular flexibility index (Phi) is 4.50. The van der Waals surface area contributed by atoms with Gasteiger partial charge in [-0.1, -0.05) is 18.5 Å². The minimum atomic E-state index is -0.0322. The molecule has 6 heteroatoms. The second-order valence-electron chi connectivity index (χ2n) is 3.52. The Bertz CT molecular complexity index is 349. The Hall–Kier alpha value is -1.85. The van der Waals surface area contributed by atoms with Gasteiger partial charge in [0, 0.05) is 13.6 Å². The van der Waals surface area contributed by atoms with Crippen LogP contribution in [0, 0.1) is 0 Å². The minimum absolute atomic E-state index is 0.0322. The van der Waals surface area contributed by atoms with Gasteiger partial charge in [0.2, 0.25) is 0 Å². The molecular formula is C10H17N5O. The second-order valence-corrected chi connectivity index (χ2v) is 3.52. The third-order valence-electron chi connectivity index (χ3n) is 2.25. The lowest BCUT2D eigenvalue weighted by atomic mass is 10.3. The number of unbranched alkanes of at least 4 members (excludes halogenated alkanes) is 1. The van der Waals surface area contributed by atoms with Gasteiger partial charge in [0.25, 0.3) is 0 Å². The molecule has 0 saturated heterocycles. The van der Waals surface area contributed by atoms with Crippen molar-refractivity contribution in [3.8, 4) is 0 Å². The summed E-state index contributed by atoms with van der Waals surface area (Å²) in [6.07, 6.45) is 5.36. The van der Waals surface area contributed by atoms with E-state index in [0.29, 0.717) is 5.69 Å². The molecule has 0 aromatic carbocycles.